The number of nitrogens with zero attached hydrogens (tertiary/aromatic N) is 1. The van der Waals surface area contributed by atoms with Crippen LogP contribution in [0.5, 0.6) is 11.5 Å². The summed E-state index contributed by atoms with van der Waals surface area (Å²) < 4.78 is 22.2. The van der Waals surface area contributed by atoms with Crippen molar-refractivity contribution in [3.05, 3.63) is 23.8 Å². The monoisotopic (exact) mass is 305 g/mol. The van der Waals surface area contributed by atoms with Crippen molar-refractivity contribution < 1.29 is 23.7 Å². The molecule has 0 saturated carbocycles. The highest BCUT2D eigenvalue weighted by Crippen LogP contribution is 2.36. The van der Waals surface area contributed by atoms with Crippen molar-refractivity contribution in [2.75, 3.05) is 33.1 Å². The van der Waals surface area contributed by atoms with Gasteiger partial charge in [-0.3, -0.25) is 4.79 Å². The van der Waals surface area contributed by atoms with Crippen LogP contribution in [0.2, 0.25) is 0 Å². The Labute approximate surface area is 128 Å². The van der Waals surface area contributed by atoms with E-state index < -0.39 is 5.79 Å². The third kappa shape index (κ3) is 2.42. The Morgan fingerprint density at radius 3 is 2.68 bits per heavy atom. The first kappa shape index (κ1) is 13.8. The van der Waals surface area contributed by atoms with Gasteiger partial charge in [0, 0.05) is 31.5 Å². The molecule has 0 N–H and O–H groups in total. The van der Waals surface area contributed by atoms with Crippen LogP contribution < -0.4 is 9.47 Å². The summed E-state index contributed by atoms with van der Waals surface area (Å²) in [5.41, 5.74) is 0.883. The highest BCUT2D eigenvalue weighted by atomic mass is 16.7. The Balaban J connectivity index is 1.40. The first-order valence-electron chi connectivity index (χ1n) is 7.69. The van der Waals surface area contributed by atoms with Gasteiger partial charge < -0.3 is 23.8 Å². The molecule has 0 radical (unpaired) electrons. The maximum atomic E-state index is 12.5. The lowest BCUT2D eigenvalue weighted by molar-refractivity contribution is -0.187. The molecule has 2 fully saturated rings. The van der Waals surface area contributed by atoms with E-state index in [1.54, 1.807) is 0 Å². The maximum Gasteiger partial charge on any atom is 0.231 e. The Hall–Kier alpha value is -1.79. The number of piperidine rings is 1. The predicted molar refractivity (Wildman–Crippen MR) is 76.7 cm³/mol. The Morgan fingerprint density at radius 2 is 1.91 bits per heavy atom. The molecule has 4 rings (SSSR count). The first-order valence-corrected chi connectivity index (χ1v) is 7.69. The molecular weight excluding hydrogens is 286 g/mol. The highest BCUT2D eigenvalue weighted by molar-refractivity contribution is 5.80. The molecule has 0 atom stereocenters. The molecule has 3 aliphatic rings. The fourth-order valence-electron chi connectivity index (χ4n) is 3.29. The quantitative estimate of drug-likeness (QED) is 0.825. The van der Waals surface area contributed by atoms with Crippen LogP contribution in [0.25, 0.3) is 0 Å². The fraction of sp³-hybridized carbons (Fsp3) is 0.562. The number of carbonyl (C=O) groups is 1. The molecule has 6 nitrogen and oxygen atoms in total. The lowest BCUT2D eigenvalue weighted by Crippen LogP contribution is -2.47. The van der Waals surface area contributed by atoms with E-state index in [0.29, 0.717) is 38.5 Å². The molecule has 0 aliphatic carbocycles. The highest BCUT2D eigenvalue weighted by Gasteiger charge is 2.40. The van der Waals surface area contributed by atoms with Crippen molar-refractivity contribution in [3.63, 3.8) is 0 Å². The number of hydrogen-bond acceptors (Lipinski definition) is 5. The molecule has 1 spiro atoms. The molecule has 6 heteroatoms. The van der Waals surface area contributed by atoms with E-state index in [-0.39, 0.29) is 12.7 Å². The standard InChI is InChI=1S/C16H19NO5/c18-14(10-12-2-1-3-13-15(12)20-11-19-13)17-6-4-16(5-7-17)21-8-9-22-16/h1-3H,4-11H2. The van der Waals surface area contributed by atoms with Gasteiger partial charge in [-0.2, -0.15) is 0 Å². The molecule has 3 heterocycles. The van der Waals surface area contributed by atoms with Crippen molar-refractivity contribution >= 4 is 5.91 Å². The Bertz CT molecular complexity index is 572. The Kier molecular flexibility index (Phi) is 3.43. The summed E-state index contributed by atoms with van der Waals surface area (Å²) in [4.78, 5) is 14.4. The van der Waals surface area contributed by atoms with Gasteiger partial charge >= 0.3 is 0 Å². The minimum absolute atomic E-state index is 0.108. The third-order valence-corrected chi connectivity index (χ3v) is 4.51. The maximum absolute atomic E-state index is 12.5. The second-order valence-electron chi connectivity index (χ2n) is 5.82. The molecule has 2 saturated heterocycles. The largest absolute Gasteiger partial charge is 0.454 e. The molecule has 1 aromatic rings. The number of rotatable bonds is 2. The number of likely N-dealkylation sites (tertiary alicyclic amines) is 1. The zero-order valence-electron chi connectivity index (χ0n) is 12.4. The van der Waals surface area contributed by atoms with Crippen LogP contribution in [0.1, 0.15) is 18.4 Å². The third-order valence-electron chi connectivity index (χ3n) is 4.51. The number of amides is 1. The summed E-state index contributed by atoms with van der Waals surface area (Å²) in [6.45, 7) is 2.88. The van der Waals surface area contributed by atoms with E-state index in [1.165, 1.54) is 0 Å². The van der Waals surface area contributed by atoms with Crippen LogP contribution in [-0.4, -0.2) is 49.7 Å². The van der Waals surface area contributed by atoms with Gasteiger partial charge in [-0.1, -0.05) is 12.1 Å². The summed E-state index contributed by atoms with van der Waals surface area (Å²) in [6.07, 6.45) is 1.82. The van der Waals surface area contributed by atoms with Gasteiger partial charge in [-0.15, -0.1) is 0 Å². The lowest BCUT2D eigenvalue weighted by atomic mass is 10.0. The predicted octanol–water partition coefficient (Wildman–Crippen LogP) is 1.32. The van der Waals surface area contributed by atoms with Crippen LogP contribution in [0.3, 0.4) is 0 Å². The van der Waals surface area contributed by atoms with Gasteiger partial charge in [-0.05, 0) is 6.07 Å². The molecular formula is C16H19NO5. The fourth-order valence-corrected chi connectivity index (χ4v) is 3.29. The van der Waals surface area contributed by atoms with Gasteiger partial charge in [-0.25, -0.2) is 0 Å². The van der Waals surface area contributed by atoms with Crippen LogP contribution in [0.15, 0.2) is 18.2 Å². The molecule has 118 valence electrons. The van der Waals surface area contributed by atoms with Gasteiger partial charge in [0.2, 0.25) is 12.7 Å². The van der Waals surface area contributed by atoms with E-state index in [4.69, 9.17) is 18.9 Å². The van der Waals surface area contributed by atoms with Crippen molar-refractivity contribution in [2.45, 2.75) is 25.0 Å². The molecule has 1 aromatic carbocycles. The SMILES string of the molecule is O=C(Cc1cccc2c1OCO2)N1CCC2(CC1)OCCO2. The topological polar surface area (TPSA) is 57.2 Å². The summed E-state index contributed by atoms with van der Waals surface area (Å²) in [5, 5.41) is 0. The van der Waals surface area contributed by atoms with Gasteiger partial charge in [0.15, 0.2) is 17.3 Å². The first-order chi connectivity index (χ1) is 10.8. The smallest absolute Gasteiger partial charge is 0.231 e. The number of hydrogen-bond donors (Lipinski definition) is 0. The average Bonchev–Trinajstić information content (AvgIpc) is 3.18. The number of para-hydroxylation sites is 1. The minimum Gasteiger partial charge on any atom is -0.454 e. The normalized spacial score (nSPS) is 22.3. The number of carbonyl (C=O) groups excluding carboxylic acids is 1. The van der Waals surface area contributed by atoms with E-state index >= 15 is 0 Å². The van der Waals surface area contributed by atoms with Crippen molar-refractivity contribution in [2.24, 2.45) is 0 Å². The lowest BCUT2D eigenvalue weighted by Gasteiger charge is -2.37. The average molecular weight is 305 g/mol. The molecule has 0 bridgehead atoms. The van der Waals surface area contributed by atoms with Gasteiger partial charge in [0.05, 0.1) is 19.6 Å². The zero-order valence-corrected chi connectivity index (χ0v) is 12.4. The van der Waals surface area contributed by atoms with Crippen LogP contribution in [-0.2, 0) is 20.7 Å². The minimum atomic E-state index is -0.443. The van der Waals surface area contributed by atoms with E-state index in [0.717, 1.165) is 24.2 Å². The zero-order chi connectivity index (χ0) is 15.0. The van der Waals surface area contributed by atoms with Crippen molar-refractivity contribution in [1.82, 2.24) is 4.90 Å². The van der Waals surface area contributed by atoms with E-state index in [9.17, 15) is 4.79 Å². The van der Waals surface area contributed by atoms with Crippen LogP contribution in [0.4, 0.5) is 0 Å². The Morgan fingerprint density at radius 1 is 1.14 bits per heavy atom. The second-order valence-corrected chi connectivity index (χ2v) is 5.82. The number of fused-ring (bicyclic) bond motifs is 1. The summed E-state index contributed by atoms with van der Waals surface area (Å²) in [6, 6.07) is 5.66. The van der Waals surface area contributed by atoms with E-state index in [2.05, 4.69) is 0 Å². The van der Waals surface area contributed by atoms with E-state index in [1.807, 2.05) is 23.1 Å². The van der Waals surface area contributed by atoms with Crippen molar-refractivity contribution in [1.29, 1.82) is 0 Å². The molecule has 0 aromatic heterocycles. The van der Waals surface area contributed by atoms with Crippen LogP contribution >= 0.6 is 0 Å². The molecule has 3 aliphatic heterocycles. The van der Waals surface area contributed by atoms with Gasteiger partial charge in [0.25, 0.3) is 0 Å². The van der Waals surface area contributed by atoms with Crippen molar-refractivity contribution in [3.8, 4) is 11.5 Å². The number of benzene rings is 1. The van der Waals surface area contributed by atoms with Crippen LogP contribution in [0, 0.1) is 0 Å². The summed E-state index contributed by atoms with van der Waals surface area (Å²) in [7, 11) is 0. The summed E-state index contributed by atoms with van der Waals surface area (Å²) >= 11 is 0. The molecule has 22 heavy (non-hydrogen) atoms. The summed E-state index contributed by atoms with van der Waals surface area (Å²) in [5.74, 6) is 1.08. The van der Waals surface area contributed by atoms with Gasteiger partial charge in [0.1, 0.15) is 0 Å². The molecule has 1 amide bonds. The molecule has 0 unspecified atom stereocenters. The number of ether oxygens (including phenoxy) is 4. The second kappa shape index (κ2) is 5.44.